The van der Waals surface area contributed by atoms with E-state index in [9.17, 15) is 4.79 Å². The van der Waals surface area contributed by atoms with Gasteiger partial charge in [0.1, 0.15) is 5.75 Å². The largest absolute Gasteiger partial charge is 0.497 e. The molecule has 2 rings (SSSR count). The SMILES string of the molecule is COc1cccc(NC(=O)CC[C@H]2CCCO2)c1. The van der Waals surface area contributed by atoms with Gasteiger partial charge in [-0.05, 0) is 31.4 Å². The van der Waals surface area contributed by atoms with E-state index in [-0.39, 0.29) is 12.0 Å². The van der Waals surface area contributed by atoms with Crippen LogP contribution in [-0.4, -0.2) is 25.7 Å². The van der Waals surface area contributed by atoms with Crippen LogP contribution in [0.5, 0.6) is 5.75 Å². The zero-order chi connectivity index (χ0) is 12.8. The lowest BCUT2D eigenvalue weighted by molar-refractivity contribution is -0.116. The van der Waals surface area contributed by atoms with E-state index in [0.29, 0.717) is 6.42 Å². The maximum absolute atomic E-state index is 11.8. The molecule has 0 saturated carbocycles. The molecule has 18 heavy (non-hydrogen) atoms. The summed E-state index contributed by atoms with van der Waals surface area (Å²) in [6, 6.07) is 7.37. The summed E-state index contributed by atoms with van der Waals surface area (Å²) in [5.74, 6) is 0.769. The lowest BCUT2D eigenvalue weighted by Crippen LogP contribution is -2.15. The molecular formula is C14H19NO3. The Morgan fingerprint density at radius 1 is 1.56 bits per heavy atom. The van der Waals surface area contributed by atoms with Crippen molar-refractivity contribution in [1.82, 2.24) is 0 Å². The number of hydrogen-bond acceptors (Lipinski definition) is 3. The monoisotopic (exact) mass is 249 g/mol. The molecule has 0 spiro atoms. The van der Waals surface area contributed by atoms with Gasteiger partial charge in [-0.15, -0.1) is 0 Å². The molecule has 98 valence electrons. The summed E-state index contributed by atoms with van der Waals surface area (Å²) >= 11 is 0. The predicted molar refractivity (Wildman–Crippen MR) is 69.8 cm³/mol. The van der Waals surface area contributed by atoms with Gasteiger partial charge in [-0.2, -0.15) is 0 Å². The van der Waals surface area contributed by atoms with Crippen molar-refractivity contribution in [3.63, 3.8) is 0 Å². The minimum atomic E-state index is 0.0266. The molecule has 4 heteroatoms. The molecule has 1 saturated heterocycles. The third kappa shape index (κ3) is 3.74. The first-order chi connectivity index (χ1) is 8.78. The van der Waals surface area contributed by atoms with Gasteiger partial charge in [0, 0.05) is 24.8 Å². The highest BCUT2D eigenvalue weighted by Crippen LogP contribution is 2.19. The lowest BCUT2D eigenvalue weighted by Gasteiger charge is -2.10. The normalized spacial score (nSPS) is 18.6. The first kappa shape index (κ1) is 12.9. The second-order valence-electron chi connectivity index (χ2n) is 4.45. The summed E-state index contributed by atoms with van der Waals surface area (Å²) in [7, 11) is 1.61. The molecule has 0 bridgehead atoms. The zero-order valence-corrected chi connectivity index (χ0v) is 10.6. The zero-order valence-electron chi connectivity index (χ0n) is 10.6. The number of methoxy groups -OCH3 is 1. The Balaban J connectivity index is 1.78. The minimum absolute atomic E-state index is 0.0266. The Morgan fingerprint density at radius 3 is 3.17 bits per heavy atom. The van der Waals surface area contributed by atoms with Crippen molar-refractivity contribution in [1.29, 1.82) is 0 Å². The van der Waals surface area contributed by atoms with E-state index in [1.807, 2.05) is 24.3 Å². The van der Waals surface area contributed by atoms with Gasteiger partial charge < -0.3 is 14.8 Å². The maximum atomic E-state index is 11.8. The molecule has 1 N–H and O–H groups in total. The number of hydrogen-bond donors (Lipinski definition) is 1. The molecule has 0 aliphatic carbocycles. The Bertz CT molecular complexity index is 400. The van der Waals surface area contributed by atoms with Gasteiger partial charge in [0.2, 0.25) is 5.91 Å². The van der Waals surface area contributed by atoms with Gasteiger partial charge in [0.15, 0.2) is 0 Å². The predicted octanol–water partition coefficient (Wildman–Crippen LogP) is 2.59. The Hall–Kier alpha value is -1.55. The first-order valence-corrected chi connectivity index (χ1v) is 6.33. The summed E-state index contributed by atoms with van der Waals surface area (Å²) in [5, 5.41) is 2.87. The standard InChI is InChI=1S/C14H19NO3/c1-17-13-5-2-4-11(10-13)15-14(16)8-7-12-6-3-9-18-12/h2,4-5,10,12H,3,6-9H2,1H3,(H,15,16)/t12-/m1/s1. The van der Waals surface area contributed by atoms with E-state index < -0.39 is 0 Å². The molecule has 1 aromatic carbocycles. The highest BCUT2D eigenvalue weighted by Gasteiger charge is 2.16. The van der Waals surface area contributed by atoms with Crippen LogP contribution in [0.1, 0.15) is 25.7 Å². The fourth-order valence-corrected chi connectivity index (χ4v) is 2.09. The molecule has 4 nitrogen and oxygen atoms in total. The number of rotatable bonds is 5. The van der Waals surface area contributed by atoms with Crippen molar-refractivity contribution in [2.45, 2.75) is 31.8 Å². The maximum Gasteiger partial charge on any atom is 0.224 e. The van der Waals surface area contributed by atoms with Crippen molar-refractivity contribution >= 4 is 11.6 Å². The second-order valence-corrected chi connectivity index (χ2v) is 4.45. The number of carbonyl (C=O) groups is 1. The molecule has 0 unspecified atom stereocenters. The summed E-state index contributed by atoms with van der Waals surface area (Å²) in [6.07, 6.45) is 3.76. The summed E-state index contributed by atoms with van der Waals surface area (Å²) in [6.45, 7) is 0.835. The van der Waals surface area contributed by atoms with E-state index in [0.717, 1.165) is 37.3 Å². The van der Waals surface area contributed by atoms with E-state index in [1.54, 1.807) is 7.11 Å². The average Bonchev–Trinajstić information content (AvgIpc) is 2.90. The van der Waals surface area contributed by atoms with Crippen molar-refractivity contribution in [2.75, 3.05) is 19.0 Å². The van der Waals surface area contributed by atoms with Crippen LogP contribution in [0.15, 0.2) is 24.3 Å². The van der Waals surface area contributed by atoms with Gasteiger partial charge in [-0.3, -0.25) is 4.79 Å². The highest BCUT2D eigenvalue weighted by molar-refractivity contribution is 5.90. The Morgan fingerprint density at radius 2 is 2.44 bits per heavy atom. The summed E-state index contributed by atoms with van der Waals surface area (Å²) in [5.41, 5.74) is 0.770. The molecule has 0 aromatic heterocycles. The van der Waals surface area contributed by atoms with E-state index in [4.69, 9.17) is 9.47 Å². The second kappa shape index (κ2) is 6.40. The van der Waals surface area contributed by atoms with Crippen molar-refractivity contribution in [3.05, 3.63) is 24.3 Å². The Kier molecular flexibility index (Phi) is 4.59. The molecule has 1 aliphatic rings. The molecule has 1 heterocycles. The van der Waals surface area contributed by atoms with Crippen LogP contribution in [0, 0.1) is 0 Å². The molecule has 1 fully saturated rings. The van der Waals surface area contributed by atoms with Crippen LogP contribution in [0.4, 0.5) is 5.69 Å². The highest BCUT2D eigenvalue weighted by atomic mass is 16.5. The smallest absolute Gasteiger partial charge is 0.224 e. The van der Waals surface area contributed by atoms with Gasteiger partial charge in [0.25, 0.3) is 0 Å². The molecule has 1 aromatic rings. The summed E-state index contributed by atoms with van der Waals surface area (Å²) < 4.78 is 10.6. The van der Waals surface area contributed by atoms with Crippen LogP contribution in [-0.2, 0) is 9.53 Å². The van der Waals surface area contributed by atoms with Crippen molar-refractivity contribution < 1.29 is 14.3 Å². The molecule has 1 atom stereocenters. The van der Waals surface area contributed by atoms with Gasteiger partial charge >= 0.3 is 0 Å². The van der Waals surface area contributed by atoms with Crippen molar-refractivity contribution in [2.24, 2.45) is 0 Å². The average molecular weight is 249 g/mol. The quantitative estimate of drug-likeness (QED) is 0.872. The number of benzene rings is 1. The third-order valence-corrected chi connectivity index (χ3v) is 3.07. The van der Waals surface area contributed by atoms with Crippen LogP contribution >= 0.6 is 0 Å². The number of carbonyl (C=O) groups excluding carboxylic acids is 1. The first-order valence-electron chi connectivity index (χ1n) is 6.33. The fraction of sp³-hybridized carbons (Fsp3) is 0.500. The summed E-state index contributed by atoms with van der Waals surface area (Å²) in [4.78, 5) is 11.8. The van der Waals surface area contributed by atoms with Crippen LogP contribution in [0.2, 0.25) is 0 Å². The Labute approximate surface area is 107 Å². The number of amides is 1. The van der Waals surface area contributed by atoms with E-state index in [1.165, 1.54) is 0 Å². The molecule has 1 aliphatic heterocycles. The third-order valence-electron chi connectivity index (χ3n) is 3.07. The van der Waals surface area contributed by atoms with E-state index >= 15 is 0 Å². The number of anilines is 1. The van der Waals surface area contributed by atoms with Gasteiger partial charge in [-0.25, -0.2) is 0 Å². The lowest BCUT2D eigenvalue weighted by atomic mass is 10.1. The topological polar surface area (TPSA) is 47.6 Å². The fourth-order valence-electron chi connectivity index (χ4n) is 2.09. The molecule has 0 radical (unpaired) electrons. The molecule has 1 amide bonds. The van der Waals surface area contributed by atoms with Crippen LogP contribution < -0.4 is 10.1 Å². The minimum Gasteiger partial charge on any atom is -0.497 e. The molecular weight excluding hydrogens is 230 g/mol. The van der Waals surface area contributed by atoms with Crippen molar-refractivity contribution in [3.8, 4) is 5.75 Å². The van der Waals surface area contributed by atoms with Gasteiger partial charge in [-0.1, -0.05) is 6.07 Å². The van der Waals surface area contributed by atoms with Crippen LogP contribution in [0.25, 0.3) is 0 Å². The van der Waals surface area contributed by atoms with Gasteiger partial charge in [0.05, 0.1) is 13.2 Å². The van der Waals surface area contributed by atoms with E-state index in [2.05, 4.69) is 5.32 Å². The number of nitrogens with one attached hydrogen (secondary N) is 1. The van der Waals surface area contributed by atoms with Crippen LogP contribution in [0.3, 0.4) is 0 Å². The number of ether oxygens (including phenoxy) is 2.